The van der Waals surface area contributed by atoms with Gasteiger partial charge in [0.2, 0.25) is 11.8 Å². The number of nitrogens with one attached hydrogen (secondary N) is 1. The molecule has 0 spiro atoms. The first-order valence-electron chi connectivity index (χ1n) is 9.16. The summed E-state index contributed by atoms with van der Waals surface area (Å²) in [4.78, 5) is 29.9. The maximum Gasteiger partial charge on any atom is 0.239 e. The Morgan fingerprint density at radius 3 is 2.63 bits per heavy atom. The van der Waals surface area contributed by atoms with Crippen molar-refractivity contribution in [3.05, 3.63) is 24.5 Å². The molecule has 0 atom stereocenters. The Bertz CT molecular complexity index is 790. The van der Waals surface area contributed by atoms with E-state index in [0.29, 0.717) is 19.1 Å². The fraction of sp³-hybridized carbons (Fsp3) is 0.500. The second-order valence-electron chi connectivity index (χ2n) is 6.29. The Kier molecular flexibility index (Phi) is 6.44. The lowest BCUT2D eigenvalue weighted by atomic mass is 10.2. The van der Waals surface area contributed by atoms with Gasteiger partial charge in [0.1, 0.15) is 0 Å². The van der Waals surface area contributed by atoms with Crippen LogP contribution in [0.5, 0.6) is 0 Å². The highest BCUT2D eigenvalue weighted by Gasteiger charge is 2.30. The molecular formula is C18H24N6O2S. The Hall–Kier alpha value is -2.42. The van der Waals surface area contributed by atoms with Gasteiger partial charge in [0.05, 0.1) is 12.3 Å². The molecule has 2 aromatic rings. The number of amides is 2. The molecule has 27 heavy (non-hydrogen) atoms. The van der Waals surface area contributed by atoms with Crippen LogP contribution in [0, 0.1) is 0 Å². The minimum absolute atomic E-state index is 0.0791. The smallest absolute Gasteiger partial charge is 0.239 e. The number of carbonyl (C=O) groups is 2. The minimum Gasteiger partial charge on any atom is -0.355 e. The van der Waals surface area contributed by atoms with E-state index in [1.165, 1.54) is 11.8 Å². The number of nitrogens with zero attached hydrogens (tertiary/aromatic N) is 5. The van der Waals surface area contributed by atoms with Crippen molar-refractivity contribution in [1.82, 2.24) is 30.0 Å². The number of pyridine rings is 1. The molecule has 0 unspecified atom stereocenters. The molecule has 0 aromatic carbocycles. The first kappa shape index (κ1) is 19.3. The highest BCUT2D eigenvalue weighted by molar-refractivity contribution is 7.99. The first-order valence-corrected chi connectivity index (χ1v) is 10.1. The third-order valence-electron chi connectivity index (χ3n) is 4.28. The summed E-state index contributed by atoms with van der Waals surface area (Å²) >= 11 is 1.37. The second kappa shape index (κ2) is 8.98. The summed E-state index contributed by atoms with van der Waals surface area (Å²) in [5.74, 6) is 0.821. The highest BCUT2D eigenvalue weighted by atomic mass is 32.2. The van der Waals surface area contributed by atoms with Gasteiger partial charge in [0.25, 0.3) is 0 Å². The molecule has 144 valence electrons. The molecule has 1 fully saturated rings. The standard InChI is InChI=1S/C18H24N6O2S/c1-3-20-15(25)11-23(4-2)16(26)12-27-18-22-21-17(24(18)14-5-6-14)13-7-9-19-10-8-13/h7-10,14H,3-6,11-12H2,1-2H3,(H,20,25). The molecule has 1 N–H and O–H groups in total. The fourth-order valence-corrected chi connectivity index (χ4v) is 3.66. The molecule has 1 saturated carbocycles. The lowest BCUT2D eigenvalue weighted by Crippen LogP contribution is -2.41. The monoisotopic (exact) mass is 388 g/mol. The van der Waals surface area contributed by atoms with Gasteiger partial charge in [-0.1, -0.05) is 11.8 Å². The van der Waals surface area contributed by atoms with Crippen LogP contribution in [0.4, 0.5) is 0 Å². The van der Waals surface area contributed by atoms with E-state index in [9.17, 15) is 9.59 Å². The van der Waals surface area contributed by atoms with Gasteiger partial charge >= 0.3 is 0 Å². The Balaban J connectivity index is 1.68. The lowest BCUT2D eigenvalue weighted by molar-refractivity contribution is -0.133. The van der Waals surface area contributed by atoms with E-state index in [1.54, 1.807) is 17.3 Å². The molecule has 9 heteroatoms. The number of thioether (sulfide) groups is 1. The Morgan fingerprint density at radius 2 is 2.00 bits per heavy atom. The van der Waals surface area contributed by atoms with E-state index >= 15 is 0 Å². The van der Waals surface area contributed by atoms with Gasteiger partial charge in [0.15, 0.2) is 11.0 Å². The molecule has 3 rings (SSSR count). The number of carbonyl (C=O) groups excluding carboxylic acids is 2. The summed E-state index contributed by atoms with van der Waals surface area (Å²) in [6, 6.07) is 4.21. The summed E-state index contributed by atoms with van der Waals surface area (Å²) in [5, 5.41) is 12.1. The molecule has 8 nitrogen and oxygen atoms in total. The van der Waals surface area contributed by atoms with Gasteiger partial charge in [0, 0.05) is 37.1 Å². The minimum atomic E-state index is -0.140. The SMILES string of the molecule is CCNC(=O)CN(CC)C(=O)CSc1nnc(-c2ccncc2)n1C1CC1. The average Bonchev–Trinajstić information content (AvgIpc) is 3.44. The Morgan fingerprint density at radius 1 is 1.26 bits per heavy atom. The summed E-state index contributed by atoms with van der Waals surface area (Å²) in [5.41, 5.74) is 0.967. The van der Waals surface area contributed by atoms with Crippen molar-refractivity contribution >= 4 is 23.6 Å². The number of likely N-dealkylation sites (N-methyl/N-ethyl adjacent to an activating group) is 2. The van der Waals surface area contributed by atoms with E-state index in [2.05, 4.69) is 25.1 Å². The molecular weight excluding hydrogens is 364 g/mol. The molecule has 0 aliphatic heterocycles. The Labute approximate surface area is 162 Å². The number of hydrogen-bond acceptors (Lipinski definition) is 6. The van der Waals surface area contributed by atoms with Crippen LogP contribution in [0.25, 0.3) is 11.4 Å². The topological polar surface area (TPSA) is 93.0 Å². The maximum atomic E-state index is 12.5. The van der Waals surface area contributed by atoms with Gasteiger partial charge in [-0.25, -0.2) is 0 Å². The van der Waals surface area contributed by atoms with Crippen molar-refractivity contribution in [3.8, 4) is 11.4 Å². The average molecular weight is 388 g/mol. The lowest BCUT2D eigenvalue weighted by Gasteiger charge is -2.20. The predicted octanol–water partition coefficient (Wildman–Crippen LogP) is 1.75. The van der Waals surface area contributed by atoms with Gasteiger partial charge in [-0.2, -0.15) is 0 Å². The van der Waals surface area contributed by atoms with Crippen molar-refractivity contribution in [2.24, 2.45) is 0 Å². The normalized spacial score (nSPS) is 13.4. The largest absolute Gasteiger partial charge is 0.355 e. The van der Waals surface area contributed by atoms with Crippen LogP contribution in [-0.4, -0.2) is 61.8 Å². The number of aromatic nitrogens is 4. The van der Waals surface area contributed by atoms with Gasteiger partial charge < -0.3 is 10.2 Å². The molecule has 1 aliphatic rings. The van der Waals surface area contributed by atoms with Crippen LogP contribution >= 0.6 is 11.8 Å². The fourth-order valence-electron chi connectivity index (χ4n) is 2.76. The third-order valence-corrected chi connectivity index (χ3v) is 5.21. The number of rotatable bonds is 9. The third kappa shape index (κ3) is 4.85. The van der Waals surface area contributed by atoms with Crippen molar-refractivity contribution in [3.63, 3.8) is 0 Å². The molecule has 1 aliphatic carbocycles. The van der Waals surface area contributed by atoms with E-state index in [1.807, 2.05) is 26.0 Å². The predicted molar refractivity (Wildman–Crippen MR) is 103 cm³/mol. The summed E-state index contributed by atoms with van der Waals surface area (Å²) in [6.45, 7) is 4.87. The van der Waals surface area contributed by atoms with E-state index in [-0.39, 0.29) is 24.1 Å². The summed E-state index contributed by atoms with van der Waals surface area (Å²) in [6.07, 6.45) is 5.65. The van der Waals surface area contributed by atoms with E-state index in [0.717, 1.165) is 29.4 Å². The maximum absolute atomic E-state index is 12.5. The summed E-state index contributed by atoms with van der Waals surface area (Å²) < 4.78 is 2.12. The number of hydrogen-bond donors (Lipinski definition) is 1. The molecule has 2 heterocycles. The zero-order chi connectivity index (χ0) is 19.2. The van der Waals surface area contributed by atoms with Crippen LogP contribution in [0.2, 0.25) is 0 Å². The van der Waals surface area contributed by atoms with E-state index in [4.69, 9.17) is 0 Å². The van der Waals surface area contributed by atoms with Gasteiger partial charge in [-0.15, -0.1) is 10.2 Å². The molecule has 2 amide bonds. The van der Waals surface area contributed by atoms with E-state index < -0.39 is 0 Å². The van der Waals surface area contributed by atoms with Crippen LogP contribution in [-0.2, 0) is 9.59 Å². The first-order chi connectivity index (χ1) is 13.1. The van der Waals surface area contributed by atoms with Crippen molar-refractivity contribution in [2.75, 3.05) is 25.4 Å². The van der Waals surface area contributed by atoms with Crippen LogP contribution < -0.4 is 5.32 Å². The second-order valence-corrected chi connectivity index (χ2v) is 7.24. The zero-order valence-electron chi connectivity index (χ0n) is 15.6. The zero-order valence-corrected chi connectivity index (χ0v) is 16.4. The highest BCUT2D eigenvalue weighted by Crippen LogP contribution is 2.40. The van der Waals surface area contributed by atoms with Crippen LogP contribution in [0.3, 0.4) is 0 Å². The molecule has 0 radical (unpaired) electrons. The van der Waals surface area contributed by atoms with Crippen LogP contribution in [0.15, 0.2) is 29.7 Å². The molecule has 0 bridgehead atoms. The molecule has 2 aromatic heterocycles. The van der Waals surface area contributed by atoms with Crippen molar-refractivity contribution < 1.29 is 9.59 Å². The van der Waals surface area contributed by atoms with Crippen LogP contribution in [0.1, 0.15) is 32.7 Å². The van der Waals surface area contributed by atoms with Gasteiger partial charge in [-0.3, -0.25) is 19.1 Å². The van der Waals surface area contributed by atoms with Gasteiger partial charge in [-0.05, 0) is 38.8 Å². The summed E-state index contributed by atoms with van der Waals surface area (Å²) in [7, 11) is 0. The van der Waals surface area contributed by atoms with Crippen molar-refractivity contribution in [2.45, 2.75) is 37.9 Å². The molecule has 0 saturated heterocycles. The quantitative estimate of drug-likeness (QED) is 0.658. The van der Waals surface area contributed by atoms with Crippen molar-refractivity contribution in [1.29, 1.82) is 0 Å².